The molecule has 0 aromatic heterocycles. The highest BCUT2D eigenvalue weighted by molar-refractivity contribution is 6.31. The van der Waals surface area contributed by atoms with Crippen LogP contribution in [0.25, 0.3) is 0 Å². The van der Waals surface area contributed by atoms with Gasteiger partial charge >= 0.3 is 0 Å². The van der Waals surface area contributed by atoms with Crippen LogP contribution in [0.5, 0.6) is 0 Å². The molecule has 106 valence electrons. The molecule has 1 aromatic rings. The predicted octanol–water partition coefficient (Wildman–Crippen LogP) is 3.04. The van der Waals surface area contributed by atoms with Gasteiger partial charge in [-0.3, -0.25) is 9.59 Å². The lowest BCUT2D eigenvalue weighted by Crippen LogP contribution is -2.47. The van der Waals surface area contributed by atoms with Crippen molar-refractivity contribution in [1.29, 1.82) is 0 Å². The van der Waals surface area contributed by atoms with Gasteiger partial charge in [0.2, 0.25) is 0 Å². The molecule has 1 spiro atoms. The number of nitrogens with one attached hydrogen (secondary N) is 1. The third-order valence-corrected chi connectivity index (χ3v) is 4.15. The molecule has 20 heavy (non-hydrogen) atoms. The van der Waals surface area contributed by atoms with Crippen molar-refractivity contribution in [3.63, 3.8) is 0 Å². The molecule has 2 aliphatic heterocycles. The number of carbonyl (C=O) groups is 2. The first-order valence-corrected chi connectivity index (χ1v) is 7.24. The molecule has 2 aliphatic rings. The Labute approximate surface area is 122 Å². The minimum Gasteiger partial charge on any atom is -0.356 e. The fraction of sp³-hybridized carbons (Fsp3) is 0.467. The summed E-state index contributed by atoms with van der Waals surface area (Å²) < 4.78 is 6.05. The van der Waals surface area contributed by atoms with Crippen LogP contribution < -0.4 is 5.32 Å². The van der Waals surface area contributed by atoms with Crippen molar-refractivity contribution in [3.05, 3.63) is 28.8 Å². The summed E-state index contributed by atoms with van der Waals surface area (Å²) in [5.41, 5.74) is 0.211. The standard InChI is InChI=1S/C15H16ClNO3/c1-2-3-11-7-10(18)8-15(20-11)12-5-4-9(16)6-13(12)17-14(15)19/h4-6,11H,2-3,7-8H2,1H3,(H,17,19). The smallest absolute Gasteiger partial charge is 0.261 e. The number of carbonyl (C=O) groups excluding carboxylic acids is 2. The van der Waals surface area contributed by atoms with Crippen molar-refractivity contribution >= 4 is 29.0 Å². The Balaban J connectivity index is 2.03. The minimum atomic E-state index is -1.16. The fourth-order valence-corrected chi connectivity index (χ4v) is 3.24. The van der Waals surface area contributed by atoms with E-state index < -0.39 is 5.60 Å². The van der Waals surface area contributed by atoms with Gasteiger partial charge in [-0.2, -0.15) is 0 Å². The predicted molar refractivity (Wildman–Crippen MR) is 75.8 cm³/mol. The van der Waals surface area contributed by atoms with Crippen LogP contribution in [-0.2, 0) is 19.9 Å². The molecule has 0 aliphatic carbocycles. The summed E-state index contributed by atoms with van der Waals surface area (Å²) in [5.74, 6) is -0.184. The highest BCUT2D eigenvalue weighted by Gasteiger charge is 2.53. The number of ether oxygens (including phenoxy) is 1. The Bertz CT molecular complexity index is 586. The molecule has 0 saturated carbocycles. The number of halogens is 1. The van der Waals surface area contributed by atoms with E-state index in [-0.39, 0.29) is 24.2 Å². The molecule has 2 unspecified atom stereocenters. The molecule has 4 nitrogen and oxygen atoms in total. The number of amides is 1. The Hall–Kier alpha value is -1.39. The van der Waals surface area contributed by atoms with Gasteiger partial charge in [0.05, 0.1) is 6.10 Å². The quantitative estimate of drug-likeness (QED) is 0.912. The average molecular weight is 294 g/mol. The second-order valence-electron chi connectivity index (χ2n) is 5.42. The van der Waals surface area contributed by atoms with Crippen LogP contribution in [0.2, 0.25) is 5.02 Å². The SMILES string of the molecule is CCCC1CC(=O)CC2(O1)C(=O)Nc1cc(Cl)ccc12. The number of Topliss-reactive ketones (excluding diaryl/α,β-unsaturated/α-hetero) is 1. The van der Waals surface area contributed by atoms with Crippen LogP contribution in [0.15, 0.2) is 18.2 Å². The normalized spacial score (nSPS) is 28.6. The molecule has 5 heteroatoms. The number of benzene rings is 1. The van der Waals surface area contributed by atoms with Gasteiger partial charge in [0.25, 0.3) is 5.91 Å². The summed E-state index contributed by atoms with van der Waals surface area (Å²) in [5, 5.41) is 3.33. The minimum absolute atomic E-state index is 0.0765. The first-order chi connectivity index (χ1) is 9.55. The monoisotopic (exact) mass is 293 g/mol. The number of fused-ring (bicyclic) bond motifs is 2. The molecule has 3 rings (SSSR count). The first kappa shape index (κ1) is 13.6. The van der Waals surface area contributed by atoms with Crippen LogP contribution >= 0.6 is 11.6 Å². The second kappa shape index (κ2) is 4.86. The maximum absolute atomic E-state index is 12.4. The summed E-state index contributed by atoms with van der Waals surface area (Å²) in [4.78, 5) is 24.4. The van der Waals surface area contributed by atoms with Gasteiger partial charge in [0.1, 0.15) is 5.78 Å². The lowest BCUT2D eigenvalue weighted by Gasteiger charge is -2.36. The molecule has 2 heterocycles. The molecule has 2 atom stereocenters. The number of ketones is 1. The average Bonchev–Trinajstić information content (AvgIpc) is 2.61. The Kier molecular flexibility index (Phi) is 3.30. The van der Waals surface area contributed by atoms with Crippen molar-refractivity contribution in [2.45, 2.75) is 44.3 Å². The van der Waals surface area contributed by atoms with Crippen LogP contribution in [0, 0.1) is 0 Å². The molecule has 0 radical (unpaired) electrons. The van der Waals surface area contributed by atoms with E-state index in [1.807, 2.05) is 6.92 Å². The van der Waals surface area contributed by atoms with E-state index in [1.165, 1.54) is 0 Å². The molecular weight excluding hydrogens is 278 g/mol. The van der Waals surface area contributed by atoms with E-state index in [2.05, 4.69) is 5.32 Å². The summed E-state index contributed by atoms with van der Waals surface area (Å²) in [7, 11) is 0. The molecule has 1 saturated heterocycles. The molecule has 1 fully saturated rings. The third-order valence-electron chi connectivity index (χ3n) is 3.91. The van der Waals surface area contributed by atoms with Gasteiger partial charge in [-0.1, -0.05) is 31.0 Å². The molecule has 1 aromatic carbocycles. The molecule has 1 N–H and O–H groups in total. The van der Waals surface area contributed by atoms with Crippen molar-refractivity contribution in [2.75, 3.05) is 5.32 Å². The zero-order chi connectivity index (χ0) is 14.3. The van der Waals surface area contributed by atoms with E-state index in [0.717, 1.165) is 18.4 Å². The molecule has 0 bridgehead atoms. The zero-order valence-corrected chi connectivity index (χ0v) is 12.0. The lowest BCUT2D eigenvalue weighted by molar-refractivity contribution is -0.170. The Morgan fingerprint density at radius 3 is 3.00 bits per heavy atom. The van der Waals surface area contributed by atoms with Gasteiger partial charge in [-0.05, 0) is 18.6 Å². The van der Waals surface area contributed by atoms with Crippen LogP contribution in [0.3, 0.4) is 0 Å². The third kappa shape index (κ3) is 2.03. The van der Waals surface area contributed by atoms with Gasteiger partial charge in [0.15, 0.2) is 5.60 Å². The Morgan fingerprint density at radius 1 is 1.45 bits per heavy atom. The number of rotatable bonds is 2. The van der Waals surface area contributed by atoms with Gasteiger partial charge in [0, 0.05) is 29.1 Å². The molecular formula is C15H16ClNO3. The lowest BCUT2D eigenvalue weighted by atomic mass is 9.84. The van der Waals surface area contributed by atoms with Gasteiger partial charge < -0.3 is 10.1 Å². The van der Waals surface area contributed by atoms with E-state index >= 15 is 0 Å². The summed E-state index contributed by atoms with van der Waals surface area (Å²) in [6.07, 6.45) is 2.01. The highest BCUT2D eigenvalue weighted by Crippen LogP contribution is 2.46. The van der Waals surface area contributed by atoms with Gasteiger partial charge in [-0.25, -0.2) is 0 Å². The van der Waals surface area contributed by atoms with Crippen LogP contribution in [0.4, 0.5) is 5.69 Å². The molecule has 1 amide bonds. The Morgan fingerprint density at radius 2 is 2.25 bits per heavy atom. The van der Waals surface area contributed by atoms with Crippen LogP contribution in [-0.4, -0.2) is 17.8 Å². The highest BCUT2D eigenvalue weighted by atomic mass is 35.5. The first-order valence-electron chi connectivity index (χ1n) is 6.86. The van der Waals surface area contributed by atoms with Crippen molar-refractivity contribution in [3.8, 4) is 0 Å². The maximum atomic E-state index is 12.4. The summed E-state index contributed by atoms with van der Waals surface area (Å²) in [6, 6.07) is 5.19. The largest absolute Gasteiger partial charge is 0.356 e. The number of hydrogen-bond acceptors (Lipinski definition) is 3. The van der Waals surface area contributed by atoms with E-state index in [4.69, 9.17) is 16.3 Å². The van der Waals surface area contributed by atoms with E-state index in [9.17, 15) is 9.59 Å². The number of hydrogen-bond donors (Lipinski definition) is 1. The second-order valence-corrected chi connectivity index (χ2v) is 5.86. The van der Waals surface area contributed by atoms with Crippen molar-refractivity contribution in [1.82, 2.24) is 0 Å². The van der Waals surface area contributed by atoms with Crippen LogP contribution in [0.1, 0.15) is 38.2 Å². The summed E-state index contributed by atoms with van der Waals surface area (Å²) in [6.45, 7) is 2.04. The van der Waals surface area contributed by atoms with Crippen molar-refractivity contribution in [2.24, 2.45) is 0 Å². The summed E-state index contributed by atoms with van der Waals surface area (Å²) >= 11 is 5.95. The topological polar surface area (TPSA) is 55.4 Å². The maximum Gasteiger partial charge on any atom is 0.261 e. The van der Waals surface area contributed by atoms with Gasteiger partial charge in [-0.15, -0.1) is 0 Å². The van der Waals surface area contributed by atoms with E-state index in [0.29, 0.717) is 17.1 Å². The van der Waals surface area contributed by atoms with E-state index in [1.54, 1.807) is 18.2 Å². The number of anilines is 1. The zero-order valence-electron chi connectivity index (χ0n) is 11.2. The fourth-order valence-electron chi connectivity index (χ4n) is 3.06. The van der Waals surface area contributed by atoms with Crippen molar-refractivity contribution < 1.29 is 14.3 Å².